The highest BCUT2D eigenvalue weighted by Gasteiger charge is 2.17. The molecule has 2 heterocycles. The number of tetrazole rings is 1. The van der Waals surface area contributed by atoms with Crippen LogP contribution in [0.1, 0.15) is 42.3 Å². The van der Waals surface area contributed by atoms with Crippen molar-refractivity contribution in [3.63, 3.8) is 0 Å². The highest BCUT2D eigenvalue weighted by atomic mass is 16.5. The Morgan fingerprint density at radius 3 is 2.58 bits per heavy atom. The van der Waals surface area contributed by atoms with Crippen LogP contribution >= 0.6 is 0 Å². The highest BCUT2D eigenvalue weighted by molar-refractivity contribution is 5.81. The third-order valence-corrected chi connectivity index (χ3v) is 6.15. The van der Waals surface area contributed by atoms with Gasteiger partial charge in [0.05, 0.1) is 7.11 Å². The molecule has 1 aliphatic rings. The van der Waals surface area contributed by atoms with E-state index < -0.39 is 0 Å². The van der Waals surface area contributed by atoms with Crippen molar-refractivity contribution in [3.05, 3.63) is 71.0 Å². The van der Waals surface area contributed by atoms with E-state index in [-0.39, 0.29) is 0 Å². The van der Waals surface area contributed by atoms with Crippen LogP contribution in [-0.4, -0.2) is 32.7 Å². The average Bonchev–Trinajstić information content (AvgIpc) is 3.42. The first-order chi connectivity index (χ1) is 16.2. The number of nitrogens with zero attached hydrogens (tertiary/aromatic N) is 4. The van der Waals surface area contributed by atoms with E-state index in [2.05, 4.69) is 57.9 Å². The molecule has 2 aromatic heterocycles. The van der Waals surface area contributed by atoms with Gasteiger partial charge in [-0.1, -0.05) is 31.2 Å². The first kappa shape index (κ1) is 21.1. The molecule has 1 aliphatic carbocycles. The summed E-state index contributed by atoms with van der Waals surface area (Å²) in [4.78, 5) is 4.83. The van der Waals surface area contributed by atoms with Gasteiger partial charge in [0, 0.05) is 28.6 Å². The van der Waals surface area contributed by atoms with Gasteiger partial charge in [-0.15, -0.1) is 10.2 Å². The van der Waals surface area contributed by atoms with Gasteiger partial charge in [-0.2, -0.15) is 5.21 Å². The second kappa shape index (κ2) is 9.40. The van der Waals surface area contributed by atoms with E-state index in [1.165, 1.54) is 24.1 Å². The number of fused-ring (bicyclic) bond motifs is 1. The smallest absolute Gasteiger partial charge is 0.205 e. The molecular formula is C26H27N5O2. The van der Waals surface area contributed by atoms with Crippen molar-refractivity contribution in [2.24, 2.45) is 0 Å². The van der Waals surface area contributed by atoms with Crippen LogP contribution in [-0.2, 0) is 25.9 Å². The molecule has 4 aromatic rings. The van der Waals surface area contributed by atoms with Gasteiger partial charge < -0.3 is 9.47 Å². The van der Waals surface area contributed by atoms with Crippen molar-refractivity contribution in [2.45, 2.75) is 45.6 Å². The maximum absolute atomic E-state index is 6.31. The number of ether oxygens (including phenoxy) is 2. The minimum absolute atomic E-state index is 0.524. The van der Waals surface area contributed by atoms with E-state index in [0.29, 0.717) is 12.4 Å². The van der Waals surface area contributed by atoms with Crippen molar-refractivity contribution < 1.29 is 9.47 Å². The zero-order chi connectivity index (χ0) is 22.6. The minimum atomic E-state index is 0.524. The summed E-state index contributed by atoms with van der Waals surface area (Å²) in [6.45, 7) is 2.66. The number of aromatic nitrogens is 5. The quantitative estimate of drug-likeness (QED) is 0.436. The fourth-order valence-electron chi connectivity index (χ4n) is 4.33. The number of aromatic amines is 1. The Morgan fingerprint density at radius 1 is 0.970 bits per heavy atom. The van der Waals surface area contributed by atoms with Gasteiger partial charge in [0.1, 0.15) is 18.1 Å². The van der Waals surface area contributed by atoms with Crippen LogP contribution in [0, 0.1) is 0 Å². The number of rotatable bonds is 7. The molecule has 7 heteroatoms. The topological polar surface area (TPSA) is 85.8 Å². The van der Waals surface area contributed by atoms with E-state index >= 15 is 0 Å². The minimum Gasteiger partial charge on any atom is -0.497 e. The fraction of sp³-hybridized carbons (Fsp3) is 0.308. The predicted octanol–water partition coefficient (Wildman–Crippen LogP) is 4.96. The lowest BCUT2D eigenvalue weighted by molar-refractivity contribution is 0.300. The van der Waals surface area contributed by atoms with Crippen molar-refractivity contribution in [3.8, 4) is 34.0 Å². The molecule has 0 saturated heterocycles. The summed E-state index contributed by atoms with van der Waals surface area (Å²) in [6, 6.07) is 16.4. The Kier molecular flexibility index (Phi) is 6.02. The van der Waals surface area contributed by atoms with Gasteiger partial charge in [-0.25, -0.2) is 0 Å². The predicted molar refractivity (Wildman–Crippen MR) is 126 cm³/mol. The lowest BCUT2D eigenvalue weighted by atomic mass is 9.94. The lowest BCUT2D eigenvalue weighted by Gasteiger charge is -2.20. The molecule has 0 atom stereocenters. The molecule has 33 heavy (non-hydrogen) atoms. The van der Waals surface area contributed by atoms with Crippen molar-refractivity contribution >= 4 is 0 Å². The van der Waals surface area contributed by atoms with Gasteiger partial charge in [-0.05, 0) is 72.2 Å². The standard InChI is InChI=1S/C26H27N5O2/c1-3-19-14-25(22-6-4-5-7-24(22)27-19)33-16-17-8-10-18(11-9-17)23-15-20(32-2)12-13-21(23)26-28-30-31-29-26/h8-15H,3-7,16H2,1-2H3,(H,28,29,30,31). The maximum Gasteiger partial charge on any atom is 0.205 e. The third-order valence-electron chi connectivity index (χ3n) is 6.15. The van der Waals surface area contributed by atoms with Crippen molar-refractivity contribution in [1.29, 1.82) is 0 Å². The molecule has 0 amide bonds. The number of H-pyrrole nitrogens is 1. The normalized spacial score (nSPS) is 12.9. The Hall–Kier alpha value is -3.74. The Bertz CT molecular complexity index is 1240. The van der Waals surface area contributed by atoms with Gasteiger partial charge >= 0.3 is 0 Å². The Morgan fingerprint density at radius 2 is 1.82 bits per heavy atom. The van der Waals surface area contributed by atoms with Gasteiger partial charge in [0.2, 0.25) is 5.82 Å². The maximum atomic E-state index is 6.31. The lowest BCUT2D eigenvalue weighted by Crippen LogP contribution is -2.10. The van der Waals surface area contributed by atoms with E-state index in [0.717, 1.165) is 58.7 Å². The zero-order valence-electron chi connectivity index (χ0n) is 19.0. The summed E-state index contributed by atoms with van der Waals surface area (Å²) in [5, 5.41) is 14.5. The van der Waals surface area contributed by atoms with Gasteiger partial charge in [0.25, 0.3) is 0 Å². The van der Waals surface area contributed by atoms with Crippen LogP contribution in [0.3, 0.4) is 0 Å². The number of benzene rings is 2. The van der Waals surface area contributed by atoms with Crippen LogP contribution in [0.25, 0.3) is 22.5 Å². The molecule has 7 nitrogen and oxygen atoms in total. The summed E-state index contributed by atoms with van der Waals surface area (Å²) in [6.07, 6.45) is 5.44. The molecule has 0 aliphatic heterocycles. The number of hydrogen-bond donors (Lipinski definition) is 1. The summed E-state index contributed by atoms with van der Waals surface area (Å²) in [5.74, 6) is 2.32. The van der Waals surface area contributed by atoms with E-state index in [4.69, 9.17) is 14.5 Å². The SMILES string of the molecule is CCc1cc(OCc2ccc(-c3cc(OC)ccc3-c3nn[nH]n3)cc2)c2c(n1)CCCC2. The second-order valence-corrected chi connectivity index (χ2v) is 8.23. The molecule has 0 spiro atoms. The number of nitrogens with one attached hydrogen (secondary N) is 1. The monoisotopic (exact) mass is 441 g/mol. The first-order valence-electron chi connectivity index (χ1n) is 11.4. The van der Waals surface area contributed by atoms with Crippen LogP contribution in [0.2, 0.25) is 0 Å². The molecule has 0 unspecified atom stereocenters. The molecule has 1 N–H and O–H groups in total. The Labute approximate surface area is 193 Å². The second-order valence-electron chi connectivity index (χ2n) is 8.23. The molecule has 0 radical (unpaired) electrons. The number of aryl methyl sites for hydroxylation is 2. The van der Waals surface area contributed by atoms with Crippen LogP contribution in [0.4, 0.5) is 0 Å². The molecule has 168 valence electrons. The van der Waals surface area contributed by atoms with E-state index in [1.807, 2.05) is 18.2 Å². The summed E-state index contributed by atoms with van der Waals surface area (Å²) in [5.41, 5.74) is 7.65. The largest absolute Gasteiger partial charge is 0.497 e. The average molecular weight is 442 g/mol. The Balaban J connectivity index is 1.39. The third kappa shape index (κ3) is 4.44. The van der Waals surface area contributed by atoms with Crippen LogP contribution in [0.5, 0.6) is 11.5 Å². The van der Waals surface area contributed by atoms with E-state index in [9.17, 15) is 0 Å². The summed E-state index contributed by atoms with van der Waals surface area (Å²) in [7, 11) is 1.66. The summed E-state index contributed by atoms with van der Waals surface area (Å²) >= 11 is 0. The molecule has 0 fully saturated rings. The number of hydrogen-bond acceptors (Lipinski definition) is 6. The van der Waals surface area contributed by atoms with Crippen LogP contribution in [0.15, 0.2) is 48.5 Å². The number of pyridine rings is 1. The molecular weight excluding hydrogens is 414 g/mol. The van der Waals surface area contributed by atoms with Gasteiger partial charge in [-0.3, -0.25) is 4.98 Å². The summed E-state index contributed by atoms with van der Waals surface area (Å²) < 4.78 is 11.7. The molecule has 5 rings (SSSR count). The molecule has 0 bridgehead atoms. The molecule has 2 aromatic carbocycles. The molecule has 0 saturated carbocycles. The first-order valence-corrected chi connectivity index (χ1v) is 11.4. The highest BCUT2D eigenvalue weighted by Crippen LogP contribution is 2.34. The van der Waals surface area contributed by atoms with Crippen LogP contribution < -0.4 is 9.47 Å². The van der Waals surface area contributed by atoms with Crippen molar-refractivity contribution in [1.82, 2.24) is 25.6 Å². The van der Waals surface area contributed by atoms with Crippen molar-refractivity contribution in [2.75, 3.05) is 7.11 Å². The van der Waals surface area contributed by atoms with Gasteiger partial charge in [0.15, 0.2) is 0 Å². The van der Waals surface area contributed by atoms with E-state index in [1.54, 1.807) is 7.11 Å². The number of methoxy groups -OCH3 is 1. The zero-order valence-corrected chi connectivity index (χ0v) is 19.0. The fourth-order valence-corrected chi connectivity index (χ4v) is 4.33.